The lowest BCUT2D eigenvalue weighted by Gasteiger charge is -2.19. The molecule has 1 N–H and O–H groups in total. The van der Waals surface area contributed by atoms with Crippen LogP contribution in [0.5, 0.6) is 11.5 Å². The topological polar surface area (TPSA) is 47.9 Å². The number of aliphatic hydroxyl groups excluding tert-OH is 1. The van der Waals surface area contributed by atoms with E-state index in [2.05, 4.69) is 30.3 Å². The smallest absolute Gasteiger partial charge is 0.128 e. The number of rotatable bonds is 8. The fourth-order valence-electron chi connectivity index (χ4n) is 3.60. The first-order chi connectivity index (χ1) is 14.3. The van der Waals surface area contributed by atoms with Gasteiger partial charge in [-0.15, -0.1) is 0 Å². The van der Waals surface area contributed by atoms with Gasteiger partial charge in [0.1, 0.15) is 47.7 Å². The minimum absolute atomic E-state index is 0.0435. The molecule has 0 saturated heterocycles. The molecule has 0 radical (unpaired) electrons. The molecule has 0 saturated carbocycles. The SMILES string of the molecule is OCCOc1ccc2ccccc2c1-c1c(OCCOI)ccc2ccccc12. The van der Waals surface area contributed by atoms with E-state index >= 15 is 0 Å². The maximum atomic E-state index is 9.31. The molecule has 0 amide bonds. The zero-order chi connectivity index (χ0) is 20.1. The predicted molar refractivity (Wildman–Crippen MR) is 125 cm³/mol. The van der Waals surface area contributed by atoms with Crippen LogP contribution in [0.4, 0.5) is 0 Å². The number of hydrogen-bond donors (Lipinski definition) is 1. The average Bonchev–Trinajstić information content (AvgIpc) is 2.77. The van der Waals surface area contributed by atoms with Gasteiger partial charge in [0.15, 0.2) is 0 Å². The van der Waals surface area contributed by atoms with E-state index in [1.165, 1.54) is 0 Å². The summed E-state index contributed by atoms with van der Waals surface area (Å²) in [4.78, 5) is 0. The molecule has 4 rings (SSSR count). The van der Waals surface area contributed by atoms with E-state index in [1.54, 1.807) is 0 Å². The van der Waals surface area contributed by atoms with Crippen molar-refractivity contribution in [1.82, 2.24) is 0 Å². The molecule has 148 valence electrons. The van der Waals surface area contributed by atoms with Crippen LogP contribution in [-0.4, -0.2) is 31.5 Å². The molecule has 0 heterocycles. The Bertz CT molecular complexity index is 1130. The number of fused-ring (bicyclic) bond motifs is 2. The highest BCUT2D eigenvalue weighted by molar-refractivity contribution is 14.1. The fraction of sp³-hybridized carbons (Fsp3) is 0.167. The third-order valence-electron chi connectivity index (χ3n) is 4.80. The minimum Gasteiger partial charge on any atom is -0.491 e. The van der Waals surface area contributed by atoms with Crippen LogP contribution in [0.1, 0.15) is 0 Å². The summed E-state index contributed by atoms with van der Waals surface area (Å²) in [6.07, 6.45) is 0. The van der Waals surface area contributed by atoms with E-state index in [4.69, 9.17) is 12.5 Å². The van der Waals surface area contributed by atoms with Crippen LogP contribution < -0.4 is 9.47 Å². The molecule has 0 aliphatic carbocycles. The lowest BCUT2D eigenvalue weighted by atomic mass is 9.92. The summed E-state index contributed by atoms with van der Waals surface area (Å²) in [5, 5.41) is 13.7. The molecule has 0 fully saturated rings. The molecule has 4 aromatic rings. The van der Waals surface area contributed by atoms with Crippen LogP contribution in [0.25, 0.3) is 32.7 Å². The summed E-state index contributed by atoms with van der Waals surface area (Å²) >= 11 is 1.87. The lowest BCUT2D eigenvalue weighted by molar-refractivity contribution is 0.202. The average molecular weight is 500 g/mol. The largest absolute Gasteiger partial charge is 0.491 e. The van der Waals surface area contributed by atoms with Crippen molar-refractivity contribution in [2.75, 3.05) is 26.4 Å². The van der Waals surface area contributed by atoms with Gasteiger partial charge in [-0.2, -0.15) is 0 Å². The summed E-state index contributed by atoms with van der Waals surface area (Å²) in [5.74, 6) is 1.51. The van der Waals surface area contributed by atoms with Gasteiger partial charge in [0, 0.05) is 11.1 Å². The standard InChI is InChI=1S/C24H21IO4/c25-29-16-15-28-22-12-10-18-6-2-4-8-20(18)24(22)23-19-7-3-1-5-17(19)9-11-21(23)27-14-13-26/h1-12,26H,13-16H2. The van der Waals surface area contributed by atoms with E-state index in [0.717, 1.165) is 44.2 Å². The van der Waals surface area contributed by atoms with E-state index in [-0.39, 0.29) is 13.2 Å². The number of hydrogen-bond acceptors (Lipinski definition) is 4. The Morgan fingerprint density at radius 2 is 1.14 bits per heavy atom. The van der Waals surface area contributed by atoms with Crippen molar-refractivity contribution in [2.24, 2.45) is 0 Å². The van der Waals surface area contributed by atoms with Crippen LogP contribution in [0.2, 0.25) is 0 Å². The number of ether oxygens (including phenoxy) is 2. The summed E-state index contributed by atoms with van der Waals surface area (Å²) in [5.41, 5.74) is 1.96. The molecule has 29 heavy (non-hydrogen) atoms. The Morgan fingerprint density at radius 1 is 0.621 bits per heavy atom. The Balaban J connectivity index is 2.02. The normalized spacial score (nSPS) is 11.1. The molecule has 0 bridgehead atoms. The monoisotopic (exact) mass is 500 g/mol. The highest BCUT2D eigenvalue weighted by Gasteiger charge is 2.19. The number of halogens is 1. The minimum atomic E-state index is -0.0435. The summed E-state index contributed by atoms with van der Waals surface area (Å²) < 4.78 is 17.2. The second kappa shape index (κ2) is 9.43. The van der Waals surface area contributed by atoms with Gasteiger partial charge in [-0.3, -0.25) is 0 Å². The molecule has 0 atom stereocenters. The lowest BCUT2D eigenvalue weighted by Crippen LogP contribution is -2.06. The zero-order valence-electron chi connectivity index (χ0n) is 15.8. The van der Waals surface area contributed by atoms with E-state index < -0.39 is 0 Å². The molecule has 4 nitrogen and oxygen atoms in total. The molecule has 0 spiro atoms. The number of benzene rings is 4. The van der Waals surface area contributed by atoms with Gasteiger partial charge < -0.3 is 17.6 Å². The summed E-state index contributed by atoms with van der Waals surface area (Å²) in [6, 6.07) is 24.6. The van der Waals surface area contributed by atoms with Crippen LogP contribution in [-0.2, 0) is 3.07 Å². The number of aliphatic hydroxyl groups is 1. The third kappa shape index (κ3) is 4.17. The maximum Gasteiger partial charge on any atom is 0.128 e. The van der Waals surface area contributed by atoms with Crippen molar-refractivity contribution in [3.63, 3.8) is 0 Å². The predicted octanol–water partition coefficient (Wildman–Crippen LogP) is 5.78. The van der Waals surface area contributed by atoms with Gasteiger partial charge in [0.05, 0.1) is 13.2 Å². The third-order valence-corrected chi connectivity index (χ3v) is 5.24. The molecule has 4 aromatic carbocycles. The molecule has 5 heteroatoms. The van der Waals surface area contributed by atoms with Crippen molar-refractivity contribution in [2.45, 2.75) is 0 Å². The first-order valence-corrected chi connectivity index (χ1v) is 10.4. The van der Waals surface area contributed by atoms with Gasteiger partial charge >= 0.3 is 0 Å². The molecular weight excluding hydrogens is 479 g/mol. The highest BCUT2D eigenvalue weighted by Crippen LogP contribution is 2.45. The first kappa shape index (κ1) is 19.9. The van der Waals surface area contributed by atoms with Crippen molar-refractivity contribution < 1.29 is 17.6 Å². The van der Waals surface area contributed by atoms with Crippen LogP contribution in [0, 0.1) is 0 Å². The van der Waals surface area contributed by atoms with E-state index in [0.29, 0.717) is 13.2 Å². The zero-order valence-corrected chi connectivity index (χ0v) is 18.0. The van der Waals surface area contributed by atoms with Crippen molar-refractivity contribution in [1.29, 1.82) is 0 Å². The van der Waals surface area contributed by atoms with E-state index in [1.807, 2.05) is 65.5 Å². The maximum absolute atomic E-state index is 9.31. The Kier molecular flexibility index (Phi) is 6.49. The van der Waals surface area contributed by atoms with Crippen molar-refractivity contribution in [3.8, 4) is 22.6 Å². The molecular formula is C24H21IO4. The molecule has 0 aliphatic heterocycles. The van der Waals surface area contributed by atoms with Gasteiger partial charge in [-0.05, 0) is 33.7 Å². The molecule has 0 unspecified atom stereocenters. The molecule has 0 aliphatic rings. The van der Waals surface area contributed by atoms with Gasteiger partial charge in [0.2, 0.25) is 0 Å². The van der Waals surface area contributed by atoms with Crippen LogP contribution >= 0.6 is 23.0 Å². The van der Waals surface area contributed by atoms with Gasteiger partial charge in [-0.25, -0.2) is 0 Å². The summed E-state index contributed by atoms with van der Waals surface area (Å²) in [6.45, 7) is 1.13. The van der Waals surface area contributed by atoms with Crippen LogP contribution in [0.3, 0.4) is 0 Å². The highest BCUT2D eigenvalue weighted by atomic mass is 127. The Labute approximate surface area is 183 Å². The van der Waals surface area contributed by atoms with Crippen LogP contribution in [0.15, 0.2) is 72.8 Å². The fourth-order valence-corrected chi connectivity index (χ4v) is 3.78. The quantitative estimate of drug-likeness (QED) is 0.246. The Hall–Kier alpha value is -2.35. The second-order valence-corrected chi connectivity index (χ2v) is 7.18. The Morgan fingerprint density at radius 3 is 1.66 bits per heavy atom. The molecule has 0 aromatic heterocycles. The second-order valence-electron chi connectivity index (χ2n) is 6.55. The van der Waals surface area contributed by atoms with Gasteiger partial charge in [-0.1, -0.05) is 60.7 Å². The van der Waals surface area contributed by atoms with E-state index in [9.17, 15) is 5.11 Å². The summed E-state index contributed by atoms with van der Waals surface area (Å²) in [7, 11) is 0. The first-order valence-electron chi connectivity index (χ1n) is 9.47. The van der Waals surface area contributed by atoms with Crippen molar-refractivity contribution >= 4 is 44.6 Å². The van der Waals surface area contributed by atoms with Crippen molar-refractivity contribution in [3.05, 3.63) is 72.8 Å². The van der Waals surface area contributed by atoms with Gasteiger partial charge in [0.25, 0.3) is 0 Å².